The quantitative estimate of drug-likeness (QED) is 0.312. The van der Waals surface area contributed by atoms with E-state index in [9.17, 15) is 0 Å². The van der Waals surface area contributed by atoms with E-state index in [4.69, 9.17) is 9.73 Å². The summed E-state index contributed by atoms with van der Waals surface area (Å²) < 4.78 is 6.05. The number of likely N-dealkylation sites (tertiary alicyclic amines) is 1. The molecule has 0 atom stereocenters. The van der Waals surface area contributed by atoms with Crippen molar-refractivity contribution in [1.82, 2.24) is 10.2 Å². The highest BCUT2D eigenvalue weighted by Crippen LogP contribution is 2.18. The lowest BCUT2D eigenvalue weighted by Gasteiger charge is -2.34. The third-order valence-electron chi connectivity index (χ3n) is 3.68. The largest absolute Gasteiger partial charge is 0.490 e. The summed E-state index contributed by atoms with van der Waals surface area (Å²) in [7, 11) is 0. The second-order valence-electron chi connectivity index (χ2n) is 5.35. The molecule has 0 spiro atoms. The summed E-state index contributed by atoms with van der Waals surface area (Å²) in [6, 6.07) is 10.1. The topological polar surface area (TPSA) is 36.9 Å². The molecule has 0 radical (unpaired) electrons. The van der Waals surface area contributed by atoms with Crippen molar-refractivity contribution in [3.8, 4) is 5.75 Å². The molecule has 1 aromatic carbocycles. The first-order chi connectivity index (χ1) is 10.8. The van der Waals surface area contributed by atoms with Crippen molar-refractivity contribution < 1.29 is 4.74 Å². The Balaban J connectivity index is 0.00000264. The van der Waals surface area contributed by atoms with Crippen molar-refractivity contribution in [2.24, 2.45) is 4.99 Å². The average Bonchev–Trinajstić information content (AvgIpc) is 2.56. The molecule has 2 rings (SSSR count). The fourth-order valence-electron chi connectivity index (χ4n) is 2.55. The highest BCUT2D eigenvalue weighted by Gasteiger charge is 2.22. The summed E-state index contributed by atoms with van der Waals surface area (Å²) in [6.45, 7) is 5.92. The zero-order valence-electron chi connectivity index (χ0n) is 14.0. The standard InChI is InChI=1S/C17H27N3OS.HI/c1-3-18-17(19-11-14-22-2)20-12-9-16(10-13-20)21-15-7-5-4-6-8-15;/h4-8,16H,3,9-14H2,1-2H3,(H,18,19);1H. The number of ether oxygens (including phenoxy) is 1. The molecule has 0 aromatic heterocycles. The van der Waals surface area contributed by atoms with Crippen LogP contribution in [0.3, 0.4) is 0 Å². The van der Waals surface area contributed by atoms with Gasteiger partial charge in [-0.2, -0.15) is 11.8 Å². The first-order valence-corrected chi connectivity index (χ1v) is 9.46. The van der Waals surface area contributed by atoms with E-state index >= 15 is 0 Å². The molecule has 1 heterocycles. The van der Waals surface area contributed by atoms with E-state index < -0.39 is 0 Å². The van der Waals surface area contributed by atoms with Crippen molar-refractivity contribution in [1.29, 1.82) is 0 Å². The first kappa shape index (κ1) is 20.4. The smallest absolute Gasteiger partial charge is 0.193 e. The fourth-order valence-corrected chi connectivity index (χ4v) is 2.82. The van der Waals surface area contributed by atoms with Crippen LogP contribution in [0.25, 0.3) is 0 Å². The van der Waals surface area contributed by atoms with Gasteiger partial charge in [0.1, 0.15) is 11.9 Å². The highest BCUT2D eigenvalue weighted by molar-refractivity contribution is 14.0. The van der Waals surface area contributed by atoms with E-state index in [0.29, 0.717) is 6.10 Å². The van der Waals surface area contributed by atoms with E-state index in [1.807, 2.05) is 42.1 Å². The molecule has 130 valence electrons. The van der Waals surface area contributed by atoms with Gasteiger partial charge in [0.25, 0.3) is 0 Å². The summed E-state index contributed by atoms with van der Waals surface area (Å²) in [4.78, 5) is 7.06. The molecular weight excluding hydrogens is 421 g/mol. The molecule has 0 unspecified atom stereocenters. The molecular formula is C17H28IN3OS. The van der Waals surface area contributed by atoms with Gasteiger partial charge in [-0.05, 0) is 25.3 Å². The number of aliphatic imine (C=N–C) groups is 1. The van der Waals surface area contributed by atoms with E-state index in [1.165, 1.54) is 0 Å². The van der Waals surface area contributed by atoms with Crippen LogP contribution in [0.4, 0.5) is 0 Å². The maximum atomic E-state index is 6.05. The zero-order valence-corrected chi connectivity index (χ0v) is 17.2. The van der Waals surface area contributed by atoms with Crippen LogP contribution in [-0.4, -0.2) is 55.2 Å². The second kappa shape index (κ2) is 11.8. The predicted octanol–water partition coefficient (Wildman–Crippen LogP) is 3.48. The van der Waals surface area contributed by atoms with E-state index in [-0.39, 0.29) is 24.0 Å². The van der Waals surface area contributed by atoms with Gasteiger partial charge in [-0.1, -0.05) is 18.2 Å². The van der Waals surface area contributed by atoms with E-state index in [2.05, 4.69) is 23.4 Å². The molecule has 1 N–H and O–H groups in total. The van der Waals surface area contributed by atoms with Gasteiger partial charge in [0, 0.05) is 38.2 Å². The van der Waals surface area contributed by atoms with Gasteiger partial charge in [0.2, 0.25) is 0 Å². The predicted molar refractivity (Wildman–Crippen MR) is 111 cm³/mol. The van der Waals surface area contributed by atoms with Crippen LogP contribution >= 0.6 is 35.7 Å². The van der Waals surface area contributed by atoms with Gasteiger partial charge in [-0.15, -0.1) is 24.0 Å². The molecule has 6 heteroatoms. The van der Waals surface area contributed by atoms with Crippen LogP contribution in [-0.2, 0) is 0 Å². The number of halogens is 1. The van der Waals surface area contributed by atoms with Gasteiger partial charge in [0.05, 0.1) is 6.54 Å². The normalized spacial score (nSPS) is 15.9. The molecule has 1 aliphatic heterocycles. The molecule has 1 saturated heterocycles. The highest BCUT2D eigenvalue weighted by atomic mass is 127. The SMILES string of the molecule is CCNC(=NCCSC)N1CCC(Oc2ccccc2)CC1.I. The van der Waals surface area contributed by atoms with Gasteiger partial charge in [-0.25, -0.2) is 0 Å². The monoisotopic (exact) mass is 449 g/mol. The molecule has 0 saturated carbocycles. The first-order valence-electron chi connectivity index (χ1n) is 8.07. The Morgan fingerprint density at radius 1 is 1.30 bits per heavy atom. The number of nitrogens with zero attached hydrogens (tertiary/aromatic N) is 2. The molecule has 23 heavy (non-hydrogen) atoms. The van der Waals surface area contributed by atoms with Crippen LogP contribution in [0.2, 0.25) is 0 Å². The minimum atomic E-state index is 0. The molecule has 1 aromatic rings. The van der Waals surface area contributed by atoms with Crippen LogP contribution in [0.15, 0.2) is 35.3 Å². The van der Waals surface area contributed by atoms with Crippen LogP contribution < -0.4 is 10.1 Å². The van der Waals surface area contributed by atoms with Gasteiger partial charge in [0.15, 0.2) is 5.96 Å². The number of piperidine rings is 1. The van der Waals surface area contributed by atoms with Crippen LogP contribution in [0.1, 0.15) is 19.8 Å². The Morgan fingerprint density at radius 3 is 2.61 bits per heavy atom. The minimum Gasteiger partial charge on any atom is -0.490 e. The van der Waals surface area contributed by atoms with Crippen molar-refractivity contribution >= 4 is 41.7 Å². The molecule has 0 bridgehead atoms. The van der Waals surface area contributed by atoms with Crippen LogP contribution in [0.5, 0.6) is 5.75 Å². The summed E-state index contributed by atoms with van der Waals surface area (Å²) >= 11 is 1.84. The number of rotatable bonds is 6. The second-order valence-corrected chi connectivity index (χ2v) is 6.33. The molecule has 0 aliphatic carbocycles. The Labute approximate surface area is 161 Å². The summed E-state index contributed by atoms with van der Waals surface area (Å²) in [5.74, 6) is 3.10. The van der Waals surface area contributed by atoms with Crippen LogP contribution in [0, 0.1) is 0 Å². The number of nitrogens with one attached hydrogen (secondary N) is 1. The molecule has 0 amide bonds. The van der Waals surface area contributed by atoms with Gasteiger partial charge >= 0.3 is 0 Å². The maximum absolute atomic E-state index is 6.05. The van der Waals surface area contributed by atoms with E-state index in [0.717, 1.165) is 56.5 Å². The lowest BCUT2D eigenvalue weighted by Crippen LogP contribution is -2.47. The summed E-state index contributed by atoms with van der Waals surface area (Å²) in [5, 5.41) is 3.40. The number of hydrogen-bond donors (Lipinski definition) is 1. The molecule has 1 fully saturated rings. The van der Waals surface area contributed by atoms with Gasteiger partial charge in [-0.3, -0.25) is 4.99 Å². The Kier molecular flexibility index (Phi) is 10.5. The van der Waals surface area contributed by atoms with Gasteiger partial charge < -0.3 is 15.0 Å². The fraction of sp³-hybridized carbons (Fsp3) is 0.588. The number of hydrogen-bond acceptors (Lipinski definition) is 3. The average molecular weight is 449 g/mol. The summed E-state index contributed by atoms with van der Waals surface area (Å²) in [6.07, 6.45) is 4.52. The Hall–Kier alpha value is -0.630. The zero-order chi connectivity index (χ0) is 15.6. The van der Waals surface area contributed by atoms with E-state index in [1.54, 1.807) is 0 Å². The third kappa shape index (κ3) is 7.20. The number of benzene rings is 1. The van der Waals surface area contributed by atoms with Crippen molar-refractivity contribution in [2.45, 2.75) is 25.9 Å². The van der Waals surface area contributed by atoms with Crippen molar-refractivity contribution in [3.63, 3.8) is 0 Å². The maximum Gasteiger partial charge on any atom is 0.193 e. The number of guanidine groups is 1. The number of para-hydroxylation sites is 1. The lowest BCUT2D eigenvalue weighted by molar-refractivity contribution is 0.129. The number of thioether (sulfide) groups is 1. The Bertz CT molecular complexity index is 450. The van der Waals surface area contributed by atoms with Crippen molar-refractivity contribution in [2.75, 3.05) is 38.2 Å². The van der Waals surface area contributed by atoms with Crippen molar-refractivity contribution in [3.05, 3.63) is 30.3 Å². The molecule has 4 nitrogen and oxygen atoms in total. The molecule has 1 aliphatic rings. The Morgan fingerprint density at radius 2 is 2.00 bits per heavy atom. The third-order valence-corrected chi connectivity index (χ3v) is 4.27. The minimum absolute atomic E-state index is 0. The lowest BCUT2D eigenvalue weighted by atomic mass is 10.1. The summed E-state index contributed by atoms with van der Waals surface area (Å²) in [5.41, 5.74) is 0.